The van der Waals surface area contributed by atoms with Crippen molar-refractivity contribution in [2.24, 2.45) is 0 Å². The Labute approximate surface area is 94.0 Å². The van der Waals surface area contributed by atoms with Crippen molar-refractivity contribution in [3.8, 4) is 0 Å². The van der Waals surface area contributed by atoms with Crippen LogP contribution < -0.4 is 10.6 Å². The average Bonchev–Trinajstić information content (AvgIpc) is 2.25. The zero-order chi connectivity index (χ0) is 11.7. The van der Waals surface area contributed by atoms with Crippen LogP contribution in [0.1, 0.15) is 53.4 Å². The van der Waals surface area contributed by atoms with Crippen molar-refractivity contribution in [2.45, 2.75) is 65.5 Å². The lowest BCUT2D eigenvalue weighted by molar-refractivity contribution is -0.121. The largest absolute Gasteiger partial charge is 0.352 e. The second-order valence-electron chi connectivity index (χ2n) is 4.15. The molecule has 15 heavy (non-hydrogen) atoms. The Morgan fingerprint density at radius 2 is 1.87 bits per heavy atom. The molecule has 0 heterocycles. The second-order valence-corrected chi connectivity index (χ2v) is 4.15. The van der Waals surface area contributed by atoms with E-state index in [1.165, 1.54) is 0 Å². The van der Waals surface area contributed by atoms with Crippen LogP contribution in [0.3, 0.4) is 0 Å². The molecule has 2 unspecified atom stereocenters. The molecule has 0 fully saturated rings. The van der Waals surface area contributed by atoms with E-state index in [0.29, 0.717) is 18.6 Å². The van der Waals surface area contributed by atoms with Gasteiger partial charge in [0.1, 0.15) is 0 Å². The molecule has 0 bridgehead atoms. The van der Waals surface area contributed by atoms with Crippen LogP contribution in [0.5, 0.6) is 0 Å². The Hall–Kier alpha value is -0.570. The first-order valence-electron chi connectivity index (χ1n) is 6.16. The van der Waals surface area contributed by atoms with E-state index in [4.69, 9.17) is 0 Å². The number of nitrogens with one attached hydrogen (secondary N) is 2. The first-order chi connectivity index (χ1) is 7.13. The molecule has 2 N–H and O–H groups in total. The number of hydrogen-bond donors (Lipinski definition) is 2. The zero-order valence-corrected chi connectivity index (χ0v) is 10.6. The standard InChI is InChI=1S/C12H26N2O/c1-5-8-11(7-3)14-12(15)9-13-10(4)6-2/h10-11,13H,5-9H2,1-4H3,(H,14,15). The fraction of sp³-hybridized carbons (Fsp3) is 0.917. The SMILES string of the molecule is CCCC(CC)NC(=O)CNC(C)CC. The highest BCUT2D eigenvalue weighted by molar-refractivity contribution is 5.78. The molecule has 0 saturated heterocycles. The van der Waals surface area contributed by atoms with E-state index < -0.39 is 0 Å². The molecule has 0 aliphatic rings. The minimum absolute atomic E-state index is 0.121. The maximum absolute atomic E-state index is 11.5. The van der Waals surface area contributed by atoms with Crippen LogP contribution in [0.25, 0.3) is 0 Å². The molecule has 3 heteroatoms. The first-order valence-corrected chi connectivity index (χ1v) is 6.16. The van der Waals surface area contributed by atoms with Gasteiger partial charge in [0.25, 0.3) is 0 Å². The van der Waals surface area contributed by atoms with Gasteiger partial charge in [0.05, 0.1) is 6.54 Å². The van der Waals surface area contributed by atoms with Gasteiger partial charge >= 0.3 is 0 Å². The summed E-state index contributed by atoms with van der Waals surface area (Å²) < 4.78 is 0. The van der Waals surface area contributed by atoms with Crippen molar-refractivity contribution in [1.82, 2.24) is 10.6 Å². The highest BCUT2D eigenvalue weighted by Gasteiger charge is 2.09. The quantitative estimate of drug-likeness (QED) is 0.649. The Kier molecular flexibility index (Phi) is 8.38. The molecule has 0 aromatic rings. The van der Waals surface area contributed by atoms with Crippen LogP contribution in [0.4, 0.5) is 0 Å². The second kappa shape index (κ2) is 8.72. The smallest absolute Gasteiger partial charge is 0.234 e. The van der Waals surface area contributed by atoms with E-state index in [9.17, 15) is 4.79 Å². The van der Waals surface area contributed by atoms with Gasteiger partial charge in [-0.1, -0.05) is 27.2 Å². The number of hydrogen-bond acceptors (Lipinski definition) is 2. The van der Waals surface area contributed by atoms with Crippen molar-refractivity contribution in [2.75, 3.05) is 6.54 Å². The summed E-state index contributed by atoms with van der Waals surface area (Å²) in [5.74, 6) is 0.121. The summed E-state index contributed by atoms with van der Waals surface area (Å²) in [4.78, 5) is 11.5. The minimum Gasteiger partial charge on any atom is -0.352 e. The molecule has 3 nitrogen and oxygen atoms in total. The Morgan fingerprint density at radius 1 is 1.20 bits per heavy atom. The third-order valence-corrected chi connectivity index (χ3v) is 2.72. The van der Waals surface area contributed by atoms with E-state index in [1.54, 1.807) is 0 Å². The summed E-state index contributed by atoms with van der Waals surface area (Å²) >= 11 is 0. The van der Waals surface area contributed by atoms with Gasteiger partial charge in [-0.3, -0.25) is 4.79 Å². The predicted octanol–water partition coefficient (Wildman–Crippen LogP) is 2.07. The molecule has 0 aromatic heterocycles. The summed E-state index contributed by atoms with van der Waals surface area (Å²) in [7, 11) is 0. The van der Waals surface area contributed by atoms with Crippen LogP contribution in [0, 0.1) is 0 Å². The number of carbonyl (C=O) groups is 1. The number of carbonyl (C=O) groups excluding carboxylic acids is 1. The zero-order valence-electron chi connectivity index (χ0n) is 10.6. The van der Waals surface area contributed by atoms with Crippen LogP contribution in [-0.2, 0) is 4.79 Å². The lowest BCUT2D eigenvalue weighted by Gasteiger charge is -2.17. The number of rotatable bonds is 8. The summed E-state index contributed by atoms with van der Waals surface area (Å²) in [5, 5.41) is 6.24. The molecule has 1 amide bonds. The average molecular weight is 214 g/mol. The lowest BCUT2D eigenvalue weighted by Crippen LogP contribution is -2.42. The van der Waals surface area contributed by atoms with Crippen LogP contribution >= 0.6 is 0 Å². The fourth-order valence-corrected chi connectivity index (χ4v) is 1.42. The molecule has 0 aliphatic carbocycles. The van der Waals surface area contributed by atoms with E-state index in [2.05, 4.69) is 38.3 Å². The molecule has 0 aliphatic heterocycles. The third kappa shape index (κ3) is 7.37. The van der Waals surface area contributed by atoms with Crippen LogP contribution in [-0.4, -0.2) is 24.5 Å². The summed E-state index contributed by atoms with van der Waals surface area (Å²) in [6.45, 7) is 8.91. The summed E-state index contributed by atoms with van der Waals surface area (Å²) in [6, 6.07) is 0.767. The van der Waals surface area contributed by atoms with Crippen molar-refractivity contribution >= 4 is 5.91 Å². The Morgan fingerprint density at radius 3 is 2.33 bits per heavy atom. The molecular formula is C12H26N2O. The molecule has 0 aromatic carbocycles. The normalized spacial score (nSPS) is 14.7. The van der Waals surface area contributed by atoms with E-state index >= 15 is 0 Å². The molecule has 0 radical (unpaired) electrons. The first kappa shape index (κ1) is 14.4. The van der Waals surface area contributed by atoms with Gasteiger partial charge in [-0.2, -0.15) is 0 Å². The van der Waals surface area contributed by atoms with Gasteiger partial charge in [0.15, 0.2) is 0 Å². The van der Waals surface area contributed by atoms with Gasteiger partial charge in [0.2, 0.25) is 5.91 Å². The maximum Gasteiger partial charge on any atom is 0.234 e. The molecule has 90 valence electrons. The highest BCUT2D eigenvalue weighted by Crippen LogP contribution is 2.00. The van der Waals surface area contributed by atoms with Gasteiger partial charge < -0.3 is 10.6 Å². The van der Waals surface area contributed by atoms with E-state index in [0.717, 1.165) is 25.7 Å². The van der Waals surface area contributed by atoms with Gasteiger partial charge in [-0.05, 0) is 26.2 Å². The Bertz CT molecular complexity index is 171. The minimum atomic E-state index is 0.121. The van der Waals surface area contributed by atoms with E-state index in [-0.39, 0.29) is 5.91 Å². The van der Waals surface area contributed by atoms with Gasteiger partial charge in [-0.25, -0.2) is 0 Å². The van der Waals surface area contributed by atoms with Crippen molar-refractivity contribution in [3.05, 3.63) is 0 Å². The lowest BCUT2D eigenvalue weighted by atomic mass is 10.1. The monoisotopic (exact) mass is 214 g/mol. The molecule has 0 rings (SSSR count). The number of amides is 1. The molecular weight excluding hydrogens is 188 g/mol. The maximum atomic E-state index is 11.5. The van der Waals surface area contributed by atoms with Crippen molar-refractivity contribution in [3.63, 3.8) is 0 Å². The summed E-state index contributed by atoms with van der Waals surface area (Å²) in [6.07, 6.45) is 4.27. The molecule has 0 saturated carbocycles. The fourth-order valence-electron chi connectivity index (χ4n) is 1.42. The topological polar surface area (TPSA) is 41.1 Å². The third-order valence-electron chi connectivity index (χ3n) is 2.72. The van der Waals surface area contributed by atoms with E-state index in [1.807, 2.05) is 0 Å². The van der Waals surface area contributed by atoms with Crippen LogP contribution in [0.15, 0.2) is 0 Å². The predicted molar refractivity (Wildman–Crippen MR) is 64.9 cm³/mol. The van der Waals surface area contributed by atoms with Gasteiger partial charge in [0, 0.05) is 12.1 Å². The Balaban J connectivity index is 3.70. The molecule has 0 spiro atoms. The van der Waals surface area contributed by atoms with Crippen molar-refractivity contribution < 1.29 is 4.79 Å². The van der Waals surface area contributed by atoms with Crippen LogP contribution in [0.2, 0.25) is 0 Å². The molecule has 2 atom stereocenters. The highest BCUT2D eigenvalue weighted by atomic mass is 16.1. The van der Waals surface area contributed by atoms with Gasteiger partial charge in [-0.15, -0.1) is 0 Å². The summed E-state index contributed by atoms with van der Waals surface area (Å²) in [5.41, 5.74) is 0. The van der Waals surface area contributed by atoms with Crippen molar-refractivity contribution in [1.29, 1.82) is 0 Å².